The highest BCUT2D eigenvalue weighted by atomic mass is 15.4. The zero-order chi connectivity index (χ0) is 12.4. The van der Waals surface area contributed by atoms with Gasteiger partial charge in [-0.3, -0.25) is 4.68 Å². The van der Waals surface area contributed by atoms with Crippen molar-refractivity contribution < 1.29 is 0 Å². The summed E-state index contributed by atoms with van der Waals surface area (Å²) in [4.78, 5) is 6.12. The van der Waals surface area contributed by atoms with Gasteiger partial charge in [0.05, 0.1) is 12.2 Å². The lowest BCUT2D eigenvalue weighted by atomic mass is 10.3. The van der Waals surface area contributed by atoms with Crippen LogP contribution >= 0.6 is 0 Å². The van der Waals surface area contributed by atoms with Gasteiger partial charge >= 0.3 is 0 Å². The molecule has 0 spiro atoms. The van der Waals surface area contributed by atoms with Crippen LogP contribution in [0, 0.1) is 6.92 Å². The van der Waals surface area contributed by atoms with Gasteiger partial charge in [-0.15, -0.1) is 5.10 Å². The number of anilines is 2. The first-order valence-corrected chi connectivity index (χ1v) is 5.39. The Kier molecular flexibility index (Phi) is 2.99. The monoisotopic (exact) mass is 235 g/mol. The van der Waals surface area contributed by atoms with E-state index in [1.54, 1.807) is 4.68 Å². The first kappa shape index (κ1) is 11.4. The minimum Gasteiger partial charge on any atom is -0.349 e. The van der Waals surface area contributed by atoms with E-state index in [0.29, 0.717) is 18.4 Å². The summed E-state index contributed by atoms with van der Waals surface area (Å²) in [5.41, 5.74) is 2.17. The fourth-order valence-electron chi connectivity index (χ4n) is 1.53. The van der Waals surface area contributed by atoms with Gasteiger partial charge in [0.25, 0.3) is 0 Å². The van der Waals surface area contributed by atoms with Gasteiger partial charge in [0, 0.05) is 27.3 Å². The summed E-state index contributed by atoms with van der Waals surface area (Å²) in [6.07, 6.45) is 1.99. The molecular weight excluding hydrogens is 218 g/mol. The van der Waals surface area contributed by atoms with Crippen LogP contribution in [0.4, 0.5) is 11.9 Å². The molecule has 0 fully saturated rings. The topological polar surface area (TPSA) is 74.7 Å². The Balaban J connectivity index is 2.00. The number of rotatable bonds is 4. The smallest absolute Gasteiger partial charge is 0.245 e. The lowest BCUT2D eigenvalue weighted by Gasteiger charge is -2.04. The number of aryl methyl sites for hydroxylation is 2. The van der Waals surface area contributed by atoms with Gasteiger partial charge in [-0.25, -0.2) is 5.10 Å². The lowest BCUT2D eigenvalue weighted by Crippen LogP contribution is -2.10. The SMILES string of the molecule is Cc1cn(C)nc1CNc1nc(N(C)C)n[nH]1. The van der Waals surface area contributed by atoms with Gasteiger partial charge < -0.3 is 10.2 Å². The molecule has 0 bridgehead atoms. The molecule has 0 saturated carbocycles. The standard InChI is InChI=1S/C10H17N7/c1-7-6-17(4)15-8(7)5-11-9-12-10(14-13-9)16(2)3/h6H,5H2,1-4H3,(H2,11,12,13,14). The number of aromatic amines is 1. The molecule has 2 N–H and O–H groups in total. The summed E-state index contributed by atoms with van der Waals surface area (Å²) < 4.78 is 1.80. The van der Waals surface area contributed by atoms with Gasteiger partial charge in [-0.05, 0) is 12.5 Å². The zero-order valence-corrected chi connectivity index (χ0v) is 10.5. The Morgan fingerprint density at radius 1 is 1.47 bits per heavy atom. The van der Waals surface area contributed by atoms with E-state index in [2.05, 4.69) is 25.6 Å². The van der Waals surface area contributed by atoms with Crippen molar-refractivity contribution in [3.05, 3.63) is 17.5 Å². The third-order valence-corrected chi connectivity index (χ3v) is 2.41. The Bertz CT molecular complexity index is 496. The van der Waals surface area contributed by atoms with Crippen LogP contribution in [-0.2, 0) is 13.6 Å². The van der Waals surface area contributed by atoms with Gasteiger partial charge in [-0.2, -0.15) is 10.1 Å². The highest BCUT2D eigenvalue weighted by molar-refractivity contribution is 5.35. The maximum absolute atomic E-state index is 4.35. The summed E-state index contributed by atoms with van der Waals surface area (Å²) in [7, 11) is 5.71. The summed E-state index contributed by atoms with van der Waals surface area (Å²) in [6, 6.07) is 0. The lowest BCUT2D eigenvalue weighted by molar-refractivity contribution is 0.746. The first-order valence-electron chi connectivity index (χ1n) is 5.39. The third-order valence-electron chi connectivity index (χ3n) is 2.41. The van der Waals surface area contributed by atoms with Crippen LogP contribution in [0.2, 0.25) is 0 Å². The summed E-state index contributed by atoms with van der Waals surface area (Å²) >= 11 is 0. The van der Waals surface area contributed by atoms with Crippen molar-refractivity contribution in [3.63, 3.8) is 0 Å². The van der Waals surface area contributed by atoms with Gasteiger partial charge in [0.2, 0.25) is 11.9 Å². The molecule has 0 saturated heterocycles. The molecule has 0 atom stereocenters. The van der Waals surface area contributed by atoms with E-state index in [9.17, 15) is 0 Å². The second kappa shape index (κ2) is 4.44. The molecule has 2 aromatic heterocycles. The maximum Gasteiger partial charge on any atom is 0.245 e. The van der Waals surface area contributed by atoms with Crippen LogP contribution in [-0.4, -0.2) is 39.1 Å². The highest BCUT2D eigenvalue weighted by Gasteiger charge is 2.06. The molecule has 0 unspecified atom stereocenters. The second-order valence-electron chi connectivity index (χ2n) is 4.16. The molecule has 2 heterocycles. The van der Waals surface area contributed by atoms with Crippen molar-refractivity contribution in [2.24, 2.45) is 7.05 Å². The van der Waals surface area contributed by atoms with Crippen LogP contribution in [0.15, 0.2) is 6.20 Å². The predicted molar refractivity (Wildman–Crippen MR) is 66.0 cm³/mol. The normalized spacial score (nSPS) is 10.6. The van der Waals surface area contributed by atoms with E-state index >= 15 is 0 Å². The molecule has 0 radical (unpaired) electrons. The quantitative estimate of drug-likeness (QED) is 0.808. The minimum absolute atomic E-state index is 0.634. The fraction of sp³-hybridized carbons (Fsp3) is 0.500. The molecule has 7 heteroatoms. The van der Waals surface area contributed by atoms with Crippen molar-refractivity contribution in [1.29, 1.82) is 0 Å². The molecule has 17 heavy (non-hydrogen) atoms. The van der Waals surface area contributed by atoms with E-state index in [1.807, 2.05) is 39.2 Å². The Morgan fingerprint density at radius 3 is 2.76 bits per heavy atom. The van der Waals surface area contributed by atoms with Crippen LogP contribution in [0.25, 0.3) is 0 Å². The summed E-state index contributed by atoms with van der Waals surface area (Å²) in [5.74, 6) is 1.31. The summed E-state index contributed by atoms with van der Waals surface area (Å²) in [5, 5.41) is 14.4. The van der Waals surface area contributed by atoms with Crippen molar-refractivity contribution in [3.8, 4) is 0 Å². The van der Waals surface area contributed by atoms with E-state index < -0.39 is 0 Å². The number of H-pyrrole nitrogens is 1. The molecule has 0 aliphatic carbocycles. The van der Waals surface area contributed by atoms with Crippen LogP contribution in [0.5, 0.6) is 0 Å². The average Bonchev–Trinajstić information content (AvgIpc) is 2.82. The fourth-order valence-corrected chi connectivity index (χ4v) is 1.53. The van der Waals surface area contributed by atoms with E-state index in [4.69, 9.17) is 0 Å². The van der Waals surface area contributed by atoms with Crippen molar-refractivity contribution in [1.82, 2.24) is 25.0 Å². The summed E-state index contributed by atoms with van der Waals surface area (Å²) in [6.45, 7) is 2.67. The molecule has 7 nitrogen and oxygen atoms in total. The third kappa shape index (κ3) is 2.55. The first-order chi connectivity index (χ1) is 8.06. The second-order valence-corrected chi connectivity index (χ2v) is 4.16. The number of hydrogen-bond acceptors (Lipinski definition) is 5. The zero-order valence-electron chi connectivity index (χ0n) is 10.5. The highest BCUT2D eigenvalue weighted by Crippen LogP contribution is 2.09. The molecular formula is C10H17N7. The molecule has 2 rings (SSSR count). The average molecular weight is 235 g/mol. The van der Waals surface area contributed by atoms with Crippen molar-refractivity contribution >= 4 is 11.9 Å². The van der Waals surface area contributed by atoms with Gasteiger partial charge in [0.15, 0.2) is 0 Å². The molecule has 0 amide bonds. The van der Waals surface area contributed by atoms with Gasteiger partial charge in [-0.1, -0.05) is 0 Å². The van der Waals surface area contributed by atoms with E-state index in [0.717, 1.165) is 11.3 Å². The molecule has 2 aromatic rings. The van der Waals surface area contributed by atoms with Crippen molar-refractivity contribution in [2.75, 3.05) is 24.3 Å². The van der Waals surface area contributed by atoms with Gasteiger partial charge in [0.1, 0.15) is 0 Å². The van der Waals surface area contributed by atoms with Crippen molar-refractivity contribution in [2.45, 2.75) is 13.5 Å². The number of nitrogens with zero attached hydrogens (tertiary/aromatic N) is 5. The molecule has 92 valence electrons. The van der Waals surface area contributed by atoms with E-state index in [1.165, 1.54) is 0 Å². The minimum atomic E-state index is 0.634. The number of nitrogens with one attached hydrogen (secondary N) is 2. The van der Waals surface area contributed by atoms with Crippen LogP contribution in [0.3, 0.4) is 0 Å². The Hall–Kier alpha value is -2.05. The molecule has 0 aliphatic heterocycles. The largest absolute Gasteiger partial charge is 0.349 e. The predicted octanol–water partition coefficient (Wildman–Crippen LogP) is 0.525. The Labute approximate surface area is 99.8 Å². The van der Waals surface area contributed by atoms with E-state index in [-0.39, 0.29) is 0 Å². The maximum atomic E-state index is 4.35. The number of hydrogen-bond donors (Lipinski definition) is 2. The molecule has 0 aromatic carbocycles. The van der Waals surface area contributed by atoms with Crippen LogP contribution < -0.4 is 10.2 Å². The Morgan fingerprint density at radius 2 is 2.24 bits per heavy atom. The number of aromatic nitrogens is 5. The van der Waals surface area contributed by atoms with Crippen LogP contribution in [0.1, 0.15) is 11.3 Å². The molecule has 0 aliphatic rings.